The van der Waals surface area contributed by atoms with E-state index in [0.29, 0.717) is 23.6 Å². The second-order valence-electron chi connectivity index (χ2n) is 6.67. The topological polar surface area (TPSA) is 122 Å². The van der Waals surface area contributed by atoms with Gasteiger partial charge in [-0.1, -0.05) is 36.0 Å². The Morgan fingerprint density at radius 1 is 1.20 bits per heavy atom. The molecule has 0 aliphatic carbocycles. The Balaban J connectivity index is 1.41. The number of nitrogens with zero attached hydrogens (tertiary/aromatic N) is 1. The average Bonchev–Trinajstić information content (AvgIpc) is 3.31. The summed E-state index contributed by atoms with van der Waals surface area (Å²) >= 11 is 0.927. The Morgan fingerprint density at radius 3 is 2.73 bits per heavy atom. The van der Waals surface area contributed by atoms with E-state index < -0.39 is 5.25 Å². The summed E-state index contributed by atoms with van der Waals surface area (Å²) in [6.07, 6.45) is 1.69. The summed E-state index contributed by atoms with van der Waals surface area (Å²) < 4.78 is 5.43. The molecule has 0 saturated carbocycles. The number of phenolic OH excluding ortho intramolecular Hbond substituents is 1. The van der Waals surface area contributed by atoms with E-state index in [4.69, 9.17) is 4.42 Å². The number of anilines is 1. The molecule has 2 aromatic carbocycles. The molecular weight excluding hydrogens is 406 g/mol. The highest BCUT2D eigenvalue weighted by Gasteiger charge is 2.31. The molecule has 1 atom stereocenters. The van der Waals surface area contributed by atoms with Crippen LogP contribution in [0.25, 0.3) is 11.5 Å². The Morgan fingerprint density at radius 2 is 2.00 bits per heavy atom. The number of phenols is 1. The van der Waals surface area contributed by atoms with E-state index in [0.717, 1.165) is 17.3 Å². The predicted octanol–water partition coefficient (Wildman–Crippen LogP) is 3.12. The van der Waals surface area contributed by atoms with Crippen molar-refractivity contribution in [3.8, 4) is 17.2 Å². The van der Waals surface area contributed by atoms with Crippen LogP contribution in [-0.2, 0) is 22.4 Å². The third-order valence-corrected chi connectivity index (χ3v) is 5.42. The van der Waals surface area contributed by atoms with Crippen LogP contribution in [0.15, 0.2) is 59.2 Å². The molecule has 1 unspecified atom stereocenters. The summed E-state index contributed by atoms with van der Waals surface area (Å²) in [7, 11) is 0. The van der Waals surface area contributed by atoms with Crippen LogP contribution in [0.3, 0.4) is 0 Å². The largest absolute Gasteiger partial charge is 0.506 e. The molecule has 1 aromatic heterocycles. The summed E-state index contributed by atoms with van der Waals surface area (Å²) in [5, 5.41) is 14.0. The van der Waals surface area contributed by atoms with E-state index >= 15 is 0 Å². The lowest BCUT2D eigenvalue weighted by atomic mass is 10.1. The molecule has 0 spiro atoms. The fraction of sp³-hybridized carbons (Fsp3) is 0.143. The highest BCUT2D eigenvalue weighted by molar-refractivity contribution is 8.15. The molecule has 1 aliphatic rings. The number of imide groups is 1. The fourth-order valence-electron chi connectivity index (χ4n) is 3.01. The molecule has 3 N–H and O–H groups in total. The van der Waals surface area contributed by atoms with Gasteiger partial charge < -0.3 is 14.8 Å². The van der Waals surface area contributed by atoms with E-state index in [1.807, 2.05) is 30.3 Å². The van der Waals surface area contributed by atoms with Crippen molar-refractivity contribution in [3.05, 3.63) is 66.1 Å². The standard InChI is InChI=1S/C21H17N3O5S/c25-16-7-6-12(9-17-19(27)24-21(28)30-17)8-15(16)23-18(26)10-14-11-29-20(22-14)13-4-2-1-3-5-13/h1-8,11,17,25H,9-10H2,(H,23,26)(H,24,27,28). The number of carbonyl (C=O) groups excluding carboxylic acids is 3. The van der Waals surface area contributed by atoms with E-state index in [1.54, 1.807) is 12.1 Å². The number of hydrogen-bond donors (Lipinski definition) is 3. The summed E-state index contributed by atoms with van der Waals surface area (Å²) in [5.41, 5.74) is 2.19. The van der Waals surface area contributed by atoms with Gasteiger partial charge in [-0.2, -0.15) is 0 Å². The van der Waals surface area contributed by atoms with Gasteiger partial charge in [0.25, 0.3) is 5.24 Å². The number of carbonyl (C=O) groups is 3. The Hall–Kier alpha value is -3.59. The molecule has 30 heavy (non-hydrogen) atoms. The molecule has 9 heteroatoms. The van der Waals surface area contributed by atoms with Gasteiger partial charge in [0.2, 0.25) is 17.7 Å². The molecule has 4 rings (SSSR count). The van der Waals surface area contributed by atoms with Gasteiger partial charge >= 0.3 is 0 Å². The zero-order valence-electron chi connectivity index (χ0n) is 15.6. The number of oxazole rings is 1. The van der Waals surface area contributed by atoms with Crippen LogP contribution >= 0.6 is 11.8 Å². The summed E-state index contributed by atoms with van der Waals surface area (Å²) in [6.45, 7) is 0. The number of amides is 3. The van der Waals surface area contributed by atoms with E-state index in [9.17, 15) is 19.5 Å². The molecule has 2 heterocycles. The number of hydrogen-bond acceptors (Lipinski definition) is 7. The van der Waals surface area contributed by atoms with Gasteiger partial charge in [-0.15, -0.1) is 0 Å². The summed E-state index contributed by atoms with van der Waals surface area (Å²) in [6, 6.07) is 14.0. The van der Waals surface area contributed by atoms with Crippen molar-refractivity contribution in [1.82, 2.24) is 10.3 Å². The van der Waals surface area contributed by atoms with Crippen molar-refractivity contribution in [2.45, 2.75) is 18.1 Å². The SMILES string of the molecule is O=C(Cc1coc(-c2ccccc2)n1)Nc1cc(CC2SC(=O)NC2=O)ccc1O. The van der Waals surface area contributed by atoms with Crippen LogP contribution in [0.4, 0.5) is 10.5 Å². The maximum absolute atomic E-state index is 12.4. The lowest BCUT2D eigenvalue weighted by molar-refractivity contribution is -0.119. The zero-order chi connectivity index (χ0) is 21.1. The van der Waals surface area contributed by atoms with E-state index in [2.05, 4.69) is 15.6 Å². The second-order valence-corrected chi connectivity index (χ2v) is 7.85. The second kappa shape index (κ2) is 8.42. The molecule has 1 aliphatic heterocycles. The summed E-state index contributed by atoms with van der Waals surface area (Å²) in [4.78, 5) is 39.8. The first kappa shape index (κ1) is 19.7. The van der Waals surface area contributed by atoms with Crippen LogP contribution in [-0.4, -0.2) is 32.4 Å². The first-order valence-electron chi connectivity index (χ1n) is 9.11. The van der Waals surface area contributed by atoms with Crippen molar-refractivity contribution >= 4 is 34.5 Å². The monoisotopic (exact) mass is 423 g/mol. The minimum absolute atomic E-state index is 0.0324. The highest BCUT2D eigenvalue weighted by Crippen LogP contribution is 2.28. The molecule has 3 amide bonds. The van der Waals surface area contributed by atoms with Gasteiger partial charge in [0.1, 0.15) is 12.0 Å². The maximum atomic E-state index is 12.4. The lowest BCUT2D eigenvalue weighted by Crippen LogP contribution is -2.25. The van der Waals surface area contributed by atoms with Crippen LogP contribution < -0.4 is 10.6 Å². The fourth-order valence-corrected chi connectivity index (χ4v) is 3.87. The normalized spacial score (nSPS) is 15.8. The summed E-state index contributed by atoms with van der Waals surface area (Å²) in [5.74, 6) is -0.399. The van der Waals surface area contributed by atoms with Gasteiger partial charge in [-0.05, 0) is 36.2 Å². The number of aromatic hydroxyl groups is 1. The predicted molar refractivity (Wildman–Crippen MR) is 111 cm³/mol. The minimum atomic E-state index is -0.530. The van der Waals surface area contributed by atoms with Crippen molar-refractivity contribution in [2.24, 2.45) is 0 Å². The minimum Gasteiger partial charge on any atom is -0.506 e. The molecule has 1 saturated heterocycles. The van der Waals surface area contributed by atoms with Crippen molar-refractivity contribution in [2.75, 3.05) is 5.32 Å². The van der Waals surface area contributed by atoms with Gasteiger partial charge in [-0.3, -0.25) is 19.7 Å². The van der Waals surface area contributed by atoms with Gasteiger partial charge in [-0.25, -0.2) is 4.98 Å². The van der Waals surface area contributed by atoms with Crippen LogP contribution in [0.1, 0.15) is 11.3 Å². The molecular formula is C21H17N3O5S. The number of nitrogens with one attached hydrogen (secondary N) is 2. The zero-order valence-corrected chi connectivity index (χ0v) is 16.4. The molecule has 0 radical (unpaired) electrons. The molecule has 0 bridgehead atoms. The Kier molecular flexibility index (Phi) is 5.53. The molecule has 3 aromatic rings. The number of aromatic nitrogens is 1. The van der Waals surface area contributed by atoms with Crippen molar-refractivity contribution < 1.29 is 23.9 Å². The third-order valence-electron chi connectivity index (χ3n) is 4.44. The van der Waals surface area contributed by atoms with Crippen molar-refractivity contribution in [1.29, 1.82) is 0 Å². The number of rotatable bonds is 6. The van der Waals surface area contributed by atoms with E-state index in [-0.39, 0.29) is 34.9 Å². The third kappa shape index (κ3) is 4.52. The van der Waals surface area contributed by atoms with Gasteiger partial charge in [0.15, 0.2) is 0 Å². The lowest BCUT2D eigenvalue weighted by Gasteiger charge is -2.10. The van der Waals surface area contributed by atoms with Crippen molar-refractivity contribution in [3.63, 3.8) is 0 Å². The Labute approximate surface area is 175 Å². The first-order valence-corrected chi connectivity index (χ1v) is 9.99. The van der Waals surface area contributed by atoms with Gasteiger partial charge in [0.05, 0.1) is 23.1 Å². The number of thioether (sulfide) groups is 1. The van der Waals surface area contributed by atoms with Crippen LogP contribution in [0.2, 0.25) is 0 Å². The van der Waals surface area contributed by atoms with Crippen LogP contribution in [0.5, 0.6) is 5.75 Å². The molecule has 8 nitrogen and oxygen atoms in total. The highest BCUT2D eigenvalue weighted by atomic mass is 32.2. The Bertz CT molecular complexity index is 1110. The van der Waals surface area contributed by atoms with E-state index in [1.165, 1.54) is 12.3 Å². The van der Waals surface area contributed by atoms with Crippen LogP contribution in [0, 0.1) is 0 Å². The smallest absolute Gasteiger partial charge is 0.286 e. The number of benzene rings is 2. The average molecular weight is 423 g/mol. The maximum Gasteiger partial charge on any atom is 0.286 e. The van der Waals surface area contributed by atoms with Gasteiger partial charge in [0, 0.05) is 5.56 Å². The molecule has 1 fully saturated rings. The molecule has 152 valence electrons. The quantitative estimate of drug-likeness (QED) is 0.521. The first-order chi connectivity index (χ1) is 14.5.